The number of hydrogen-bond acceptors (Lipinski definition) is 4. The Balaban J connectivity index is 1.65. The van der Waals surface area contributed by atoms with Crippen LogP contribution >= 0.6 is 0 Å². The first kappa shape index (κ1) is 18.0. The van der Waals surface area contributed by atoms with E-state index in [9.17, 15) is 9.59 Å². The van der Waals surface area contributed by atoms with Gasteiger partial charge in [-0.3, -0.25) is 4.79 Å². The van der Waals surface area contributed by atoms with E-state index in [1.165, 1.54) is 0 Å². The molecule has 1 unspecified atom stereocenters. The highest BCUT2D eigenvalue weighted by Gasteiger charge is 2.28. The number of piperidine rings is 1. The van der Waals surface area contributed by atoms with Crippen molar-refractivity contribution in [3.63, 3.8) is 0 Å². The van der Waals surface area contributed by atoms with E-state index in [0.29, 0.717) is 23.4 Å². The minimum Gasteiger partial charge on any atom is -0.497 e. The van der Waals surface area contributed by atoms with Crippen LogP contribution in [0, 0.1) is 0 Å². The molecular weight excluding hydrogens is 330 g/mol. The highest BCUT2D eigenvalue weighted by molar-refractivity contribution is 5.94. The van der Waals surface area contributed by atoms with E-state index in [-0.39, 0.29) is 24.5 Å². The van der Waals surface area contributed by atoms with Crippen molar-refractivity contribution in [3.8, 4) is 5.75 Å². The molecule has 1 aliphatic heterocycles. The Morgan fingerprint density at radius 3 is 2.42 bits per heavy atom. The fourth-order valence-electron chi connectivity index (χ4n) is 3.17. The molecule has 0 aromatic heterocycles. The molecule has 0 aliphatic carbocycles. The summed E-state index contributed by atoms with van der Waals surface area (Å²) in [6, 6.07) is 15.9. The fraction of sp³-hybridized carbons (Fsp3) is 0.333. The van der Waals surface area contributed by atoms with Crippen LogP contribution in [0.15, 0.2) is 54.6 Å². The molecule has 2 aromatic rings. The number of hydrogen-bond donors (Lipinski definition) is 0. The zero-order chi connectivity index (χ0) is 18.4. The van der Waals surface area contributed by atoms with E-state index < -0.39 is 0 Å². The number of carbonyl (C=O) groups excluding carboxylic acids is 2. The van der Waals surface area contributed by atoms with E-state index in [4.69, 9.17) is 9.47 Å². The van der Waals surface area contributed by atoms with Crippen LogP contribution in [0.3, 0.4) is 0 Å². The Kier molecular flexibility index (Phi) is 5.89. The summed E-state index contributed by atoms with van der Waals surface area (Å²) in [6.45, 7) is 0.897. The van der Waals surface area contributed by atoms with Crippen LogP contribution in [0.2, 0.25) is 0 Å². The Morgan fingerprint density at radius 1 is 1.00 bits per heavy atom. The quantitative estimate of drug-likeness (QED) is 0.772. The van der Waals surface area contributed by atoms with Crippen molar-refractivity contribution in [2.45, 2.75) is 25.3 Å². The van der Waals surface area contributed by atoms with Gasteiger partial charge in [0.05, 0.1) is 18.7 Å². The normalized spacial score (nSPS) is 16.8. The van der Waals surface area contributed by atoms with Crippen molar-refractivity contribution in [1.82, 2.24) is 4.90 Å². The van der Waals surface area contributed by atoms with Crippen LogP contribution < -0.4 is 4.74 Å². The van der Waals surface area contributed by atoms with Gasteiger partial charge in [0.25, 0.3) is 5.91 Å². The summed E-state index contributed by atoms with van der Waals surface area (Å²) < 4.78 is 10.6. The molecule has 1 amide bonds. The van der Waals surface area contributed by atoms with Crippen molar-refractivity contribution in [2.24, 2.45) is 0 Å². The van der Waals surface area contributed by atoms with E-state index in [2.05, 4.69) is 0 Å². The number of methoxy groups -OCH3 is 1. The van der Waals surface area contributed by atoms with Gasteiger partial charge in [-0.2, -0.15) is 0 Å². The van der Waals surface area contributed by atoms with Gasteiger partial charge >= 0.3 is 5.97 Å². The molecule has 26 heavy (non-hydrogen) atoms. The molecule has 1 heterocycles. The summed E-state index contributed by atoms with van der Waals surface area (Å²) in [4.78, 5) is 26.9. The van der Waals surface area contributed by atoms with Gasteiger partial charge in [-0.25, -0.2) is 4.79 Å². The number of ether oxygens (including phenoxy) is 2. The lowest BCUT2D eigenvalue weighted by atomic mass is 10.0. The van der Waals surface area contributed by atoms with E-state index in [1.54, 1.807) is 55.6 Å². The second kappa shape index (κ2) is 8.52. The fourth-order valence-corrected chi connectivity index (χ4v) is 3.17. The summed E-state index contributed by atoms with van der Waals surface area (Å²) >= 11 is 0. The van der Waals surface area contributed by atoms with Crippen LogP contribution in [0.25, 0.3) is 0 Å². The molecule has 1 atom stereocenters. The van der Waals surface area contributed by atoms with Crippen LogP contribution in [-0.2, 0) is 4.74 Å². The Hall–Kier alpha value is -2.82. The number of rotatable bonds is 5. The van der Waals surface area contributed by atoms with Gasteiger partial charge in [-0.1, -0.05) is 18.2 Å². The minimum absolute atomic E-state index is 0.0342. The molecule has 1 aliphatic rings. The van der Waals surface area contributed by atoms with Gasteiger partial charge in [0.2, 0.25) is 0 Å². The Bertz CT molecular complexity index is 742. The summed E-state index contributed by atoms with van der Waals surface area (Å²) in [7, 11) is 1.60. The first-order chi connectivity index (χ1) is 12.7. The zero-order valence-electron chi connectivity index (χ0n) is 14.9. The monoisotopic (exact) mass is 353 g/mol. The predicted molar refractivity (Wildman–Crippen MR) is 98.4 cm³/mol. The lowest BCUT2D eigenvalue weighted by Crippen LogP contribution is -2.46. The third-order valence-electron chi connectivity index (χ3n) is 4.64. The van der Waals surface area contributed by atoms with Crippen LogP contribution in [0.5, 0.6) is 5.75 Å². The molecular formula is C21H23NO4. The minimum atomic E-state index is -0.354. The summed E-state index contributed by atoms with van der Waals surface area (Å²) in [5.74, 6) is 0.328. The van der Waals surface area contributed by atoms with Crippen molar-refractivity contribution in [2.75, 3.05) is 20.3 Å². The second-order valence-corrected chi connectivity index (χ2v) is 6.34. The highest BCUT2D eigenvalue weighted by Crippen LogP contribution is 2.21. The molecule has 2 aromatic carbocycles. The number of carbonyl (C=O) groups is 2. The third kappa shape index (κ3) is 4.23. The zero-order valence-corrected chi connectivity index (χ0v) is 14.9. The molecule has 0 radical (unpaired) electrons. The lowest BCUT2D eigenvalue weighted by Gasteiger charge is -2.35. The van der Waals surface area contributed by atoms with Crippen LogP contribution in [0.1, 0.15) is 40.0 Å². The molecule has 5 heteroatoms. The molecule has 0 saturated carbocycles. The van der Waals surface area contributed by atoms with Gasteiger partial charge in [-0.15, -0.1) is 0 Å². The van der Waals surface area contributed by atoms with Crippen molar-refractivity contribution in [1.29, 1.82) is 0 Å². The predicted octanol–water partition coefficient (Wildman–Crippen LogP) is 3.55. The van der Waals surface area contributed by atoms with Gasteiger partial charge in [0.1, 0.15) is 12.4 Å². The summed E-state index contributed by atoms with van der Waals surface area (Å²) in [5.41, 5.74) is 1.14. The number of benzene rings is 2. The maximum atomic E-state index is 12.9. The Morgan fingerprint density at radius 2 is 1.73 bits per heavy atom. The largest absolute Gasteiger partial charge is 0.497 e. The van der Waals surface area contributed by atoms with Gasteiger partial charge in [0.15, 0.2) is 0 Å². The SMILES string of the molecule is COc1ccc(C(=O)N2CCCCC2COC(=O)c2ccccc2)cc1. The molecule has 3 rings (SSSR count). The number of amides is 1. The first-order valence-corrected chi connectivity index (χ1v) is 8.86. The summed E-state index contributed by atoms with van der Waals surface area (Å²) in [6.07, 6.45) is 2.83. The van der Waals surface area contributed by atoms with E-state index in [1.807, 2.05) is 11.0 Å². The topological polar surface area (TPSA) is 55.8 Å². The Labute approximate surface area is 153 Å². The first-order valence-electron chi connectivity index (χ1n) is 8.86. The third-order valence-corrected chi connectivity index (χ3v) is 4.64. The molecule has 5 nitrogen and oxygen atoms in total. The molecule has 136 valence electrons. The number of esters is 1. The van der Waals surface area contributed by atoms with Gasteiger partial charge < -0.3 is 14.4 Å². The second-order valence-electron chi connectivity index (χ2n) is 6.34. The smallest absolute Gasteiger partial charge is 0.338 e. The molecule has 1 fully saturated rings. The van der Waals surface area contributed by atoms with E-state index >= 15 is 0 Å². The summed E-state index contributed by atoms with van der Waals surface area (Å²) in [5, 5.41) is 0. The molecule has 0 spiro atoms. The maximum absolute atomic E-state index is 12.9. The van der Waals surface area contributed by atoms with Crippen LogP contribution in [0.4, 0.5) is 0 Å². The van der Waals surface area contributed by atoms with Gasteiger partial charge in [0, 0.05) is 12.1 Å². The van der Waals surface area contributed by atoms with Crippen LogP contribution in [-0.4, -0.2) is 43.1 Å². The van der Waals surface area contributed by atoms with Crippen molar-refractivity contribution < 1.29 is 19.1 Å². The maximum Gasteiger partial charge on any atom is 0.338 e. The number of likely N-dealkylation sites (tertiary alicyclic amines) is 1. The number of nitrogens with zero attached hydrogens (tertiary/aromatic N) is 1. The van der Waals surface area contributed by atoms with Crippen molar-refractivity contribution >= 4 is 11.9 Å². The molecule has 1 saturated heterocycles. The lowest BCUT2D eigenvalue weighted by molar-refractivity contribution is 0.0251. The standard InChI is InChI=1S/C21H23NO4/c1-25-19-12-10-16(11-13-19)20(23)22-14-6-5-9-18(22)15-26-21(24)17-7-3-2-4-8-17/h2-4,7-8,10-13,18H,5-6,9,14-15H2,1H3. The van der Waals surface area contributed by atoms with E-state index in [0.717, 1.165) is 19.3 Å². The average Bonchev–Trinajstić information content (AvgIpc) is 2.72. The van der Waals surface area contributed by atoms with Gasteiger partial charge in [-0.05, 0) is 55.7 Å². The average molecular weight is 353 g/mol. The molecule has 0 N–H and O–H groups in total. The highest BCUT2D eigenvalue weighted by atomic mass is 16.5. The van der Waals surface area contributed by atoms with Crippen molar-refractivity contribution in [3.05, 3.63) is 65.7 Å². The molecule has 0 bridgehead atoms.